The molecule has 1 fully saturated rings. The summed E-state index contributed by atoms with van der Waals surface area (Å²) in [6, 6.07) is 0. The highest BCUT2D eigenvalue weighted by molar-refractivity contribution is 6.74. The smallest absolute Gasteiger partial charge is 0.407 e. The summed E-state index contributed by atoms with van der Waals surface area (Å²) >= 11 is 0. The predicted molar refractivity (Wildman–Crippen MR) is 240 cm³/mol. The van der Waals surface area contributed by atoms with Gasteiger partial charge in [0.25, 0.3) is 0 Å². The molecule has 0 aromatic rings. The van der Waals surface area contributed by atoms with Gasteiger partial charge in [-0.15, -0.1) is 0 Å². The van der Waals surface area contributed by atoms with Gasteiger partial charge < -0.3 is 43.3 Å². The molecule has 1 aliphatic rings. The topological polar surface area (TPSA) is 142 Å². The third kappa shape index (κ3) is 21.8. The summed E-state index contributed by atoms with van der Waals surface area (Å²) in [6.45, 7) is 37.8. The van der Waals surface area contributed by atoms with E-state index in [1.807, 2.05) is 46.8 Å². The first kappa shape index (κ1) is 54.4. The van der Waals surface area contributed by atoms with E-state index in [-0.39, 0.29) is 47.1 Å². The quantitative estimate of drug-likeness (QED) is 0.0442. The lowest BCUT2D eigenvalue weighted by Crippen LogP contribution is -2.46. The molecule has 13 heteroatoms. The van der Waals surface area contributed by atoms with Gasteiger partial charge in [-0.05, 0) is 124 Å². The van der Waals surface area contributed by atoms with E-state index in [1.165, 1.54) is 0 Å². The molecular weight excluding hydrogens is 771 g/mol. The molecule has 0 spiro atoms. The molecule has 0 aliphatic carbocycles. The van der Waals surface area contributed by atoms with Crippen LogP contribution in [0, 0.1) is 5.41 Å². The number of hydrogen-bond donors (Lipinski definition) is 3. The lowest BCUT2D eigenvalue weighted by molar-refractivity contribution is -0.305. The number of aliphatic hydroxyl groups excluding tert-OH is 2. The molecule has 1 aliphatic heterocycles. The van der Waals surface area contributed by atoms with E-state index in [0.717, 1.165) is 19.3 Å². The molecule has 0 aromatic heterocycles. The lowest BCUT2D eigenvalue weighted by atomic mass is 9.97. The molecule has 1 rings (SSSR count). The molecule has 58 heavy (non-hydrogen) atoms. The minimum absolute atomic E-state index is 0.0110. The Balaban J connectivity index is 3.02. The van der Waals surface area contributed by atoms with Gasteiger partial charge in [0, 0.05) is 31.9 Å². The van der Waals surface area contributed by atoms with Gasteiger partial charge in [0.05, 0.1) is 42.5 Å². The normalized spacial score (nSPS) is 20.8. The standard InChI is InChI=1S/C45H87NO10Si2/c1-41(2,3)39(49)51-29-27-34(48)31-38-32-37(52-45(13,14)53-38)30-33(47)22-19-23-35(55-57(15,16)43(7,8)9)24-20-25-36(56-58(17,18)44(10,11)12)26-21-28-46-40(50)54-42(4,5)6/h19-20,22,24,33-38,47-48H,21,23,25-32H2,1-18H3,(H,46,50)/b22-19+,24-20+/t33-,34-,35+,36+,37+,38+/m1/s1. The lowest BCUT2D eigenvalue weighted by Gasteiger charge is -2.41. The largest absolute Gasteiger partial charge is 0.465 e. The molecule has 0 radical (unpaired) electrons. The average Bonchev–Trinajstić information content (AvgIpc) is 2.99. The van der Waals surface area contributed by atoms with Gasteiger partial charge in [0.2, 0.25) is 0 Å². The van der Waals surface area contributed by atoms with Gasteiger partial charge in [-0.1, -0.05) is 65.8 Å². The van der Waals surface area contributed by atoms with Crippen molar-refractivity contribution in [3.8, 4) is 0 Å². The Bertz CT molecular complexity index is 1300. The van der Waals surface area contributed by atoms with Crippen molar-refractivity contribution in [2.75, 3.05) is 13.2 Å². The number of aliphatic hydroxyl groups is 2. The highest BCUT2D eigenvalue weighted by Gasteiger charge is 2.41. The van der Waals surface area contributed by atoms with Crippen LogP contribution in [0.1, 0.15) is 148 Å². The summed E-state index contributed by atoms with van der Waals surface area (Å²) in [4.78, 5) is 24.3. The Hall–Kier alpha value is -1.59. The molecule has 1 heterocycles. The van der Waals surface area contributed by atoms with Crippen LogP contribution in [0.25, 0.3) is 0 Å². The predicted octanol–water partition coefficient (Wildman–Crippen LogP) is 10.4. The first-order valence-electron chi connectivity index (χ1n) is 21.7. The van der Waals surface area contributed by atoms with Crippen molar-refractivity contribution in [3.05, 3.63) is 24.3 Å². The number of ether oxygens (including phenoxy) is 4. The first-order chi connectivity index (χ1) is 26.1. The van der Waals surface area contributed by atoms with Crippen molar-refractivity contribution in [1.29, 1.82) is 0 Å². The molecular formula is C45H87NO10Si2. The van der Waals surface area contributed by atoms with E-state index in [4.69, 9.17) is 27.8 Å². The SMILES string of the molecule is CC(C)(C)OC(=O)NCCC[C@H](C/C=C/[C@H](C/C=C/[C@@H](O)C[C@H]1C[C@H](C[C@H](O)CCOC(=O)C(C)(C)C)OC(C)(C)O1)O[Si](C)(C)C(C)(C)C)O[Si](C)(C)C(C)(C)C. The van der Waals surface area contributed by atoms with Crippen molar-refractivity contribution in [2.24, 2.45) is 5.41 Å². The van der Waals surface area contributed by atoms with Crippen molar-refractivity contribution in [3.63, 3.8) is 0 Å². The Morgan fingerprint density at radius 1 is 0.793 bits per heavy atom. The average molecular weight is 858 g/mol. The number of carbonyl (C=O) groups is 2. The second-order valence-corrected chi connectivity index (χ2v) is 31.3. The zero-order valence-electron chi connectivity index (χ0n) is 40.0. The number of amides is 1. The van der Waals surface area contributed by atoms with Crippen LogP contribution < -0.4 is 5.32 Å². The maximum absolute atomic E-state index is 12.2. The van der Waals surface area contributed by atoms with Crippen LogP contribution in [-0.4, -0.2) is 100 Å². The first-order valence-corrected chi connectivity index (χ1v) is 27.5. The molecule has 1 amide bonds. The summed E-state index contributed by atoms with van der Waals surface area (Å²) in [7, 11) is -4.20. The van der Waals surface area contributed by atoms with Crippen LogP contribution in [0.2, 0.25) is 36.3 Å². The Labute approximate surface area is 356 Å². The number of carbonyl (C=O) groups excluding carboxylic acids is 2. The zero-order chi connectivity index (χ0) is 45.0. The number of alkyl carbamates (subject to hydrolysis) is 1. The highest BCUT2D eigenvalue weighted by Crippen LogP contribution is 2.39. The van der Waals surface area contributed by atoms with E-state index in [9.17, 15) is 19.8 Å². The van der Waals surface area contributed by atoms with E-state index >= 15 is 0 Å². The van der Waals surface area contributed by atoms with Gasteiger partial charge in [-0.2, -0.15) is 0 Å². The number of rotatable bonds is 21. The van der Waals surface area contributed by atoms with E-state index in [1.54, 1.807) is 20.8 Å². The minimum Gasteiger partial charge on any atom is -0.465 e. The van der Waals surface area contributed by atoms with Crippen molar-refractivity contribution < 1.29 is 47.6 Å². The maximum Gasteiger partial charge on any atom is 0.407 e. The monoisotopic (exact) mass is 858 g/mol. The summed E-state index contributed by atoms with van der Waals surface area (Å²) in [5, 5.41) is 24.8. The van der Waals surface area contributed by atoms with Gasteiger partial charge in [-0.25, -0.2) is 4.79 Å². The van der Waals surface area contributed by atoms with Crippen LogP contribution in [-0.2, 0) is 32.6 Å². The fraction of sp³-hybridized carbons (Fsp3) is 0.867. The zero-order valence-corrected chi connectivity index (χ0v) is 42.0. The summed E-state index contributed by atoms with van der Waals surface area (Å²) in [6.07, 6.45) is 10.1. The molecule has 0 aromatic carbocycles. The number of esters is 1. The Morgan fingerprint density at radius 3 is 1.86 bits per heavy atom. The molecule has 3 N–H and O–H groups in total. The van der Waals surface area contributed by atoms with Crippen molar-refractivity contribution >= 4 is 28.7 Å². The molecule has 340 valence electrons. The Kier molecular flexibility index (Phi) is 21.1. The molecule has 0 bridgehead atoms. The summed E-state index contributed by atoms with van der Waals surface area (Å²) < 4.78 is 36.9. The van der Waals surface area contributed by atoms with Crippen LogP contribution in [0.3, 0.4) is 0 Å². The Morgan fingerprint density at radius 2 is 1.33 bits per heavy atom. The molecule has 1 saturated heterocycles. The number of nitrogens with one attached hydrogen (secondary N) is 1. The van der Waals surface area contributed by atoms with Gasteiger partial charge >= 0.3 is 12.1 Å². The maximum atomic E-state index is 12.2. The number of hydrogen-bond acceptors (Lipinski definition) is 10. The molecule has 0 unspecified atom stereocenters. The fourth-order valence-electron chi connectivity index (χ4n) is 5.91. The highest BCUT2D eigenvalue weighted by atomic mass is 28.4. The second kappa shape index (κ2) is 22.5. The van der Waals surface area contributed by atoms with Crippen LogP contribution in [0.4, 0.5) is 4.79 Å². The third-order valence-electron chi connectivity index (χ3n) is 11.1. The van der Waals surface area contributed by atoms with Gasteiger partial charge in [0.1, 0.15) is 5.60 Å². The van der Waals surface area contributed by atoms with Gasteiger partial charge in [0.15, 0.2) is 22.4 Å². The van der Waals surface area contributed by atoms with E-state index < -0.39 is 51.7 Å². The second-order valence-electron chi connectivity index (χ2n) is 21.8. The molecule has 6 atom stereocenters. The van der Waals surface area contributed by atoms with E-state index in [0.29, 0.717) is 38.6 Å². The molecule has 11 nitrogen and oxygen atoms in total. The van der Waals surface area contributed by atoms with Gasteiger partial charge in [-0.3, -0.25) is 4.79 Å². The fourth-order valence-corrected chi connectivity index (χ4v) is 8.59. The van der Waals surface area contributed by atoms with Crippen LogP contribution >= 0.6 is 0 Å². The third-order valence-corrected chi connectivity index (χ3v) is 20.2. The van der Waals surface area contributed by atoms with Crippen LogP contribution in [0.15, 0.2) is 24.3 Å². The minimum atomic E-state index is -2.14. The van der Waals surface area contributed by atoms with Crippen molar-refractivity contribution in [2.45, 2.75) is 233 Å². The van der Waals surface area contributed by atoms with Crippen molar-refractivity contribution in [1.82, 2.24) is 5.32 Å². The summed E-state index contributed by atoms with van der Waals surface area (Å²) in [5.41, 5.74) is -1.13. The van der Waals surface area contributed by atoms with Crippen LogP contribution in [0.5, 0.6) is 0 Å². The molecule has 0 saturated carbocycles. The summed E-state index contributed by atoms with van der Waals surface area (Å²) in [5.74, 6) is -1.17. The van der Waals surface area contributed by atoms with E-state index in [2.05, 4.69) is 85.2 Å².